The Hall–Kier alpha value is -1.70. The van der Waals surface area contributed by atoms with Crippen LogP contribution in [-0.2, 0) is 11.2 Å². The number of hydrogen-bond donors (Lipinski definition) is 1. The first-order valence-corrected chi connectivity index (χ1v) is 8.40. The zero-order chi connectivity index (χ0) is 16.4. The molecule has 1 heterocycles. The summed E-state index contributed by atoms with van der Waals surface area (Å²) in [7, 11) is 0. The molecule has 6 heteroatoms. The number of hydrogen-bond acceptors (Lipinski definition) is 2. The number of amides is 1. The predicted molar refractivity (Wildman–Crippen MR) is 94.7 cm³/mol. The Bertz CT molecular complexity index is 751. The predicted octanol–water partition coefficient (Wildman–Crippen LogP) is 3.96. The number of rotatable bonds is 3. The number of benzene rings is 2. The van der Waals surface area contributed by atoms with Crippen molar-refractivity contribution >= 4 is 39.9 Å². The third-order valence-electron chi connectivity index (χ3n) is 3.78. The van der Waals surface area contributed by atoms with Crippen molar-refractivity contribution in [3.8, 4) is 0 Å². The average molecular weight is 428 g/mol. The topological polar surface area (TPSA) is 32.3 Å². The van der Waals surface area contributed by atoms with E-state index in [1.54, 1.807) is 4.90 Å². The van der Waals surface area contributed by atoms with E-state index in [9.17, 15) is 13.6 Å². The molecule has 0 aliphatic carbocycles. The molecule has 0 atom stereocenters. The van der Waals surface area contributed by atoms with Gasteiger partial charge in [-0.15, -0.1) is 0 Å². The zero-order valence-corrected chi connectivity index (χ0v) is 14.4. The smallest absolute Gasteiger partial charge is 0.243 e. The number of halogens is 3. The summed E-state index contributed by atoms with van der Waals surface area (Å²) in [6.45, 7) is 0.620. The normalized spacial score (nSPS) is 13.6. The largest absolute Gasteiger partial charge is 0.360 e. The average Bonchev–Trinajstić information content (AvgIpc) is 2.49. The third kappa shape index (κ3) is 3.63. The standard InChI is InChI=1S/C17H15F2IN2O/c18-12-8-11-4-3-7-22(17(11)13(19)9-12)10-16(23)21-15-6-2-1-5-14(15)20/h1-2,5-6,8-9H,3-4,7,10H2,(H,21,23). The number of carbonyl (C=O) groups is 1. The van der Waals surface area contributed by atoms with Gasteiger partial charge in [-0.3, -0.25) is 4.79 Å². The Morgan fingerprint density at radius 2 is 2.04 bits per heavy atom. The van der Waals surface area contributed by atoms with Crippen molar-refractivity contribution in [1.29, 1.82) is 0 Å². The summed E-state index contributed by atoms with van der Waals surface area (Å²) < 4.78 is 28.4. The van der Waals surface area contributed by atoms with Crippen molar-refractivity contribution in [2.45, 2.75) is 12.8 Å². The van der Waals surface area contributed by atoms with Gasteiger partial charge in [0.15, 0.2) is 0 Å². The Kier molecular flexibility index (Phi) is 4.79. The Morgan fingerprint density at radius 3 is 2.83 bits per heavy atom. The van der Waals surface area contributed by atoms with Crippen LogP contribution in [0.3, 0.4) is 0 Å². The van der Waals surface area contributed by atoms with Crippen LogP contribution in [0.15, 0.2) is 36.4 Å². The summed E-state index contributed by atoms with van der Waals surface area (Å²) in [5.41, 5.74) is 1.70. The molecule has 120 valence electrons. The molecule has 0 bridgehead atoms. The van der Waals surface area contributed by atoms with E-state index in [-0.39, 0.29) is 12.5 Å². The Morgan fingerprint density at radius 1 is 1.26 bits per heavy atom. The number of carbonyl (C=O) groups excluding carboxylic acids is 1. The van der Waals surface area contributed by atoms with Gasteiger partial charge in [-0.1, -0.05) is 12.1 Å². The van der Waals surface area contributed by atoms with Crippen LogP contribution in [0.2, 0.25) is 0 Å². The molecule has 0 radical (unpaired) electrons. The van der Waals surface area contributed by atoms with E-state index in [2.05, 4.69) is 27.9 Å². The maximum atomic E-state index is 14.1. The third-order valence-corrected chi connectivity index (χ3v) is 4.72. The fourth-order valence-corrected chi connectivity index (χ4v) is 3.34. The van der Waals surface area contributed by atoms with Crippen molar-refractivity contribution in [3.63, 3.8) is 0 Å². The number of nitrogens with one attached hydrogen (secondary N) is 1. The van der Waals surface area contributed by atoms with Crippen LogP contribution >= 0.6 is 22.6 Å². The van der Waals surface area contributed by atoms with Crippen LogP contribution in [0.5, 0.6) is 0 Å². The highest BCUT2D eigenvalue weighted by molar-refractivity contribution is 14.1. The lowest BCUT2D eigenvalue weighted by Crippen LogP contribution is -2.37. The molecule has 3 rings (SSSR count). The SMILES string of the molecule is O=C(CN1CCCc2cc(F)cc(F)c21)Nc1ccccc1I. The molecule has 1 N–H and O–H groups in total. The molecule has 0 saturated carbocycles. The summed E-state index contributed by atoms with van der Waals surface area (Å²) in [6.07, 6.45) is 1.39. The molecule has 1 aliphatic heterocycles. The molecule has 0 aromatic heterocycles. The van der Waals surface area contributed by atoms with Gasteiger partial charge in [-0.2, -0.15) is 0 Å². The van der Waals surface area contributed by atoms with Crippen LogP contribution in [0, 0.1) is 15.2 Å². The van der Waals surface area contributed by atoms with Crippen molar-refractivity contribution < 1.29 is 13.6 Å². The number of para-hydroxylation sites is 1. The van der Waals surface area contributed by atoms with Gasteiger partial charge < -0.3 is 10.2 Å². The van der Waals surface area contributed by atoms with E-state index in [0.717, 1.165) is 21.7 Å². The summed E-state index contributed by atoms with van der Waals surface area (Å²) in [4.78, 5) is 13.9. The number of nitrogens with zero attached hydrogens (tertiary/aromatic N) is 1. The van der Waals surface area contributed by atoms with Crippen LogP contribution in [-0.4, -0.2) is 19.0 Å². The molecule has 2 aromatic rings. The van der Waals surface area contributed by atoms with Gasteiger partial charge in [0, 0.05) is 16.2 Å². The minimum absolute atomic E-state index is 0.0422. The number of anilines is 2. The minimum Gasteiger partial charge on any atom is -0.360 e. The monoisotopic (exact) mass is 428 g/mol. The molecule has 3 nitrogen and oxygen atoms in total. The lowest BCUT2D eigenvalue weighted by atomic mass is 10.0. The van der Waals surface area contributed by atoms with Crippen LogP contribution in [0.25, 0.3) is 0 Å². The van der Waals surface area contributed by atoms with Gasteiger partial charge in [-0.05, 0) is 59.2 Å². The molecule has 1 amide bonds. The van der Waals surface area contributed by atoms with Gasteiger partial charge in [0.05, 0.1) is 17.9 Å². The lowest BCUT2D eigenvalue weighted by molar-refractivity contribution is -0.115. The molecular formula is C17H15F2IN2O. The van der Waals surface area contributed by atoms with Crippen molar-refractivity contribution in [3.05, 3.63) is 57.2 Å². The van der Waals surface area contributed by atoms with Crippen molar-refractivity contribution in [1.82, 2.24) is 0 Å². The Labute approximate surface area is 146 Å². The molecule has 0 fully saturated rings. The van der Waals surface area contributed by atoms with E-state index in [0.29, 0.717) is 24.2 Å². The second-order valence-corrected chi connectivity index (χ2v) is 6.61. The highest BCUT2D eigenvalue weighted by atomic mass is 127. The Balaban J connectivity index is 1.77. The molecule has 0 unspecified atom stereocenters. The van der Waals surface area contributed by atoms with Crippen LogP contribution < -0.4 is 10.2 Å². The first kappa shape index (κ1) is 16.2. The van der Waals surface area contributed by atoms with Crippen molar-refractivity contribution in [2.75, 3.05) is 23.3 Å². The first-order valence-electron chi connectivity index (χ1n) is 7.32. The fourth-order valence-electron chi connectivity index (χ4n) is 2.82. The number of fused-ring (bicyclic) bond motifs is 1. The summed E-state index contributed by atoms with van der Waals surface area (Å²) in [5, 5.41) is 2.83. The highest BCUT2D eigenvalue weighted by Gasteiger charge is 2.23. The van der Waals surface area contributed by atoms with Crippen molar-refractivity contribution in [2.24, 2.45) is 0 Å². The van der Waals surface area contributed by atoms with Gasteiger partial charge in [0.2, 0.25) is 5.91 Å². The van der Waals surface area contributed by atoms with Gasteiger partial charge in [0.25, 0.3) is 0 Å². The van der Waals surface area contributed by atoms with E-state index < -0.39 is 11.6 Å². The fraction of sp³-hybridized carbons (Fsp3) is 0.235. The zero-order valence-electron chi connectivity index (χ0n) is 12.3. The minimum atomic E-state index is -0.609. The quantitative estimate of drug-likeness (QED) is 0.751. The molecule has 0 spiro atoms. The molecular weight excluding hydrogens is 413 g/mol. The van der Waals surface area contributed by atoms with Gasteiger partial charge in [0.1, 0.15) is 11.6 Å². The highest BCUT2D eigenvalue weighted by Crippen LogP contribution is 2.30. The van der Waals surface area contributed by atoms with Crippen LogP contribution in [0.4, 0.5) is 20.2 Å². The van der Waals surface area contributed by atoms with Gasteiger partial charge >= 0.3 is 0 Å². The van der Waals surface area contributed by atoms with Gasteiger partial charge in [-0.25, -0.2) is 8.78 Å². The molecule has 1 aliphatic rings. The van der Waals surface area contributed by atoms with E-state index in [4.69, 9.17) is 0 Å². The van der Waals surface area contributed by atoms with Crippen LogP contribution in [0.1, 0.15) is 12.0 Å². The number of aryl methyl sites for hydroxylation is 1. The first-order chi connectivity index (χ1) is 11.0. The van der Waals surface area contributed by atoms with E-state index in [1.807, 2.05) is 24.3 Å². The van der Waals surface area contributed by atoms with E-state index >= 15 is 0 Å². The summed E-state index contributed by atoms with van der Waals surface area (Å²) in [5.74, 6) is -1.40. The summed E-state index contributed by atoms with van der Waals surface area (Å²) in [6, 6.07) is 9.67. The second-order valence-electron chi connectivity index (χ2n) is 5.45. The van der Waals surface area contributed by atoms with E-state index in [1.165, 1.54) is 6.07 Å². The summed E-state index contributed by atoms with van der Waals surface area (Å²) >= 11 is 2.14. The maximum Gasteiger partial charge on any atom is 0.243 e. The molecule has 0 saturated heterocycles. The molecule has 23 heavy (non-hydrogen) atoms. The second kappa shape index (κ2) is 6.82. The lowest BCUT2D eigenvalue weighted by Gasteiger charge is -2.31. The maximum absolute atomic E-state index is 14.1. The molecule has 2 aromatic carbocycles.